The number of likely N-dealkylation sites (tertiary alicyclic amines) is 1. The summed E-state index contributed by atoms with van der Waals surface area (Å²) in [5, 5.41) is 0. The van der Waals surface area contributed by atoms with Gasteiger partial charge in [-0.1, -0.05) is 66.7 Å². The van der Waals surface area contributed by atoms with Crippen LogP contribution < -0.4 is 10.3 Å². The summed E-state index contributed by atoms with van der Waals surface area (Å²) in [4.78, 5) is 40.6. The number of nitrogens with zero attached hydrogens (tertiary/aromatic N) is 1. The van der Waals surface area contributed by atoms with Crippen LogP contribution in [0.1, 0.15) is 29.5 Å². The van der Waals surface area contributed by atoms with Crippen molar-refractivity contribution in [2.45, 2.75) is 31.9 Å². The fraction of sp³-hybridized carbons (Fsp3) is 0.250. The molecule has 184 valence electrons. The van der Waals surface area contributed by atoms with Gasteiger partial charge in [-0.15, -0.1) is 0 Å². The van der Waals surface area contributed by atoms with Crippen LogP contribution >= 0.6 is 0 Å². The number of ether oxygens (including phenoxy) is 3. The van der Waals surface area contributed by atoms with Crippen molar-refractivity contribution in [3.05, 3.63) is 106 Å². The van der Waals surface area contributed by atoms with E-state index in [1.165, 1.54) is 0 Å². The van der Waals surface area contributed by atoms with Crippen molar-refractivity contribution in [2.24, 2.45) is 5.92 Å². The van der Waals surface area contributed by atoms with Gasteiger partial charge in [0.25, 0.3) is 5.56 Å². The third-order valence-electron chi connectivity index (χ3n) is 6.41. The van der Waals surface area contributed by atoms with Crippen LogP contribution in [-0.2, 0) is 32.2 Å². The molecule has 0 bridgehead atoms. The molecule has 5 rings (SSSR count). The van der Waals surface area contributed by atoms with Crippen molar-refractivity contribution in [3.8, 4) is 5.75 Å². The number of rotatable bonds is 7. The van der Waals surface area contributed by atoms with E-state index in [0.717, 1.165) is 23.3 Å². The number of esters is 2. The van der Waals surface area contributed by atoms with Crippen molar-refractivity contribution in [2.75, 3.05) is 6.54 Å². The smallest absolute Gasteiger partial charge is 0.421 e. The molecule has 2 aliphatic heterocycles. The highest BCUT2D eigenvalue weighted by atomic mass is 16.8. The van der Waals surface area contributed by atoms with E-state index in [9.17, 15) is 14.4 Å². The Balaban J connectivity index is 1.32. The van der Waals surface area contributed by atoms with Gasteiger partial charge in [0.05, 0.1) is 0 Å². The summed E-state index contributed by atoms with van der Waals surface area (Å²) in [5.41, 5.74) is 2.25. The molecule has 1 spiro atoms. The van der Waals surface area contributed by atoms with Crippen molar-refractivity contribution < 1.29 is 23.8 Å². The molecule has 0 radical (unpaired) electrons. The Kier molecular flexibility index (Phi) is 6.69. The van der Waals surface area contributed by atoms with Crippen LogP contribution in [0.5, 0.6) is 5.75 Å². The number of carbonyl (C=O) groups is 2. The summed E-state index contributed by atoms with van der Waals surface area (Å²) >= 11 is 0. The number of piperidine rings is 1. The van der Waals surface area contributed by atoms with E-state index >= 15 is 0 Å². The van der Waals surface area contributed by atoms with Gasteiger partial charge in [-0.3, -0.25) is 4.79 Å². The predicted octanol–water partition coefficient (Wildman–Crippen LogP) is 3.63. The minimum Gasteiger partial charge on any atom is -0.488 e. The molecule has 0 amide bonds. The van der Waals surface area contributed by atoms with E-state index < -0.39 is 17.8 Å². The van der Waals surface area contributed by atoms with Gasteiger partial charge in [-0.25, -0.2) is 14.5 Å². The minimum atomic E-state index is -1.53. The van der Waals surface area contributed by atoms with Crippen LogP contribution in [-0.4, -0.2) is 34.3 Å². The Bertz CT molecular complexity index is 1320. The van der Waals surface area contributed by atoms with Crippen LogP contribution in [0.15, 0.2) is 83.8 Å². The number of hydrogen-bond donors (Lipinski definition) is 1. The molecular formula is C28H26N2O6. The predicted molar refractivity (Wildman–Crippen MR) is 131 cm³/mol. The van der Waals surface area contributed by atoms with Crippen LogP contribution in [0.4, 0.5) is 0 Å². The SMILES string of the molecule is O=C1OC2(CC(/C=C/c3ccccc3OCc3ccccc3)CCN2Cc2ccc[nH]c2=O)OC1=O. The number of nitrogens with one attached hydrogen (secondary N) is 1. The second-order valence-electron chi connectivity index (χ2n) is 8.86. The lowest BCUT2D eigenvalue weighted by Gasteiger charge is -2.42. The van der Waals surface area contributed by atoms with Crippen LogP contribution in [0.25, 0.3) is 6.08 Å². The number of carbonyl (C=O) groups excluding carboxylic acids is 2. The average molecular weight is 487 g/mol. The molecule has 2 aliphatic rings. The third-order valence-corrected chi connectivity index (χ3v) is 6.41. The molecule has 2 saturated heterocycles. The zero-order valence-corrected chi connectivity index (χ0v) is 19.6. The molecule has 1 atom stereocenters. The summed E-state index contributed by atoms with van der Waals surface area (Å²) < 4.78 is 17.0. The zero-order valence-electron chi connectivity index (χ0n) is 19.6. The molecule has 3 heterocycles. The van der Waals surface area contributed by atoms with Crippen molar-refractivity contribution in [1.82, 2.24) is 9.88 Å². The first kappa shape index (κ1) is 23.6. The van der Waals surface area contributed by atoms with Gasteiger partial charge in [0, 0.05) is 36.8 Å². The number of allylic oxidation sites excluding steroid dienone is 1. The Morgan fingerprint density at radius 1 is 0.972 bits per heavy atom. The number of aromatic amines is 1. The fourth-order valence-corrected chi connectivity index (χ4v) is 4.54. The maximum Gasteiger partial charge on any atom is 0.421 e. The number of hydrogen-bond acceptors (Lipinski definition) is 7. The van der Waals surface area contributed by atoms with E-state index in [-0.39, 0.29) is 24.4 Å². The molecule has 3 aromatic rings. The van der Waals surface area contributed by atoms with Crippen molar-refractivity contribution >= 4 is 18.0 Å². The normalized spacial score (nSPS) is 19.4. The lowest BCUT2D eigenvalue weighted by molar-refractivity contribution is -0.271. The van der Waals surface area contributed by atoms with Crippen LogP contribution in [0, 0.1) is 5.92 Å². The standard InChI is InChI=1S/C28H26N2O6/c31-25-23(10-6-15-29-25)18-30-16-14-20(17-28(30)35-26(32)27(33)36-28)12-13-22-9-4-5-11-24(22)34-19-21-7-2-1-3-8-21/h1-13,15,20H,14,16-19H2,(H,29,31)/b13-12+. The Labute approximate surface area is 208 Å². The highest BCUT2D eigenvalue weighted by Crippen LogP contribution is 2.39. The summed E-state index contributed by atoms with van der Waals surface area (Å²) in [6, 6.07) is 21.1. The van der Waals surface area contributed by atoms with E-state index in [2.05, 4.69) is 4.98 Å². The molecule has 0 saturated carbocycles. The number of para-hydroxylation sites is 1. The van der Waals surface area contributed by atoms with E-state index in [1.54, 1.807) is 23.2 Å². The molecular weight excluding hydrogens is 460 g/mol. The molecule has 2 aromatic carbocycles. The van der Waals surface area contributed by atoms with Gasteiger partial charge in [-0.05, 0) is 30.0 Å². The lowest BCUT2D eigenvalue weighted by Crippen LogP contribution is -2.55. The molecule has 36 heavy (non-hydrogen) atoms. The third kappa shape index (κ3) is 5.08. The van der Waals surface area contributed by atoms with Gasteiger partial charge >= 0.3 is 17.8 Å². The largest absolute Gasteiger partial charge is 0.488 e. The first-order valence-corrected chi connectivity index (χ1v) is 11.8. The Hall–Kier alpha value is -4.17. The van der Waals surface area contributed by atoms with E-state index in [1.807, 2.05) is 66.7 Å². The number of aromatic nitrogens is 1. The Morgan fingerprint density at radius 3 is 2.50 bits per heavy atom. The molecule has 8 heteroatoms. The van der Waals surface area contributed by atoms with Crippen molar-refractivity contribution in [3.63, 3.8) is 0 Å². The summed E-state index contributed by atoms with van der Waals surface area (Å²) in [6.07, 6.45) is 6.55. The quantitative estimate of drug-likeness (QED) is 0.402. The van der Waals surface area contributed by atoms with Gasteiger partial charge in [0.15, 0.2) is 0 Å². The molecule has 0 aliphatic carbocycles. The second kappa shape index (κ2) is 10.2. The van der Waals surface area contributed by atoms with Gasteiger partial charge in [0.1, 0.15) is 12.4 Å². The fourth-order valence-electron chi connectivity index (χ4n) is 4.54. The number of benzene rings is 2. The maximum absolute atomic E-state index is 12.2. The van der Waals surface area contributed by atoms with Gasteiger partial charge in [0.2, 0.25) is 0 Å². The summed E-state index contributed by atoms with van der Waals surface area (Å²) in [6.45, 7) is 1.11. The first-order valence-electron chi connectivity index (χ1n) is 11.8. The summed E-state index contributed by atoms with van der Waals surface area (Å²) in [5.74, 6) is -2.85. The number of pyridine rings is 1. The average Bonchev–Trinajstić information content (AvgIpc) is 3.18. The van der Waals surface area contributed by atoms with E-state index in [4.69, 9.17) is 14.2 Å². The van der Waals surface area contributed by atoms with E-state index in [0.29, 0.717) is 18.7 Å². The van der Waals surface area contributed by atoms with Gasteiger partial charge < -0.3 is 19.2 Å². The molecule has 1 aromatic heterocycles. The number of H-pyrrole nitrogens is 1. The molecule has 1 unspecified atom stereocenters. The minimum absolute atomic E-state index is 0.0313. The molecule has 1 N–H and O–H groups in total. The molecule has 8 nitrogen and oxygen atoms in total. The van der Waals surface area contributed by atoms with Crippen LogP contribution in [0.3, 0.4) is 0 Å². The first-order chi connectivity index (χ1) is 17.5. The molecule has 2 fully saturated rings. The zero-order chi connectivity index (χ0) is 25.0. The lowest BCUT2D eigenvalue weighted by atomic mass is 9.92. The van der Waals surface area contributed by atoms with Crippen molar-refractivity contribution in [1.29, 1.82) is 0 Å². The monoisotopic (exact) mass is 486 g/mol. The maximum atomic E-state index is 12.2. The Morgan fingerprint density at radius 2 is 1.72 bits per heavy atom. The second-order valence-corrected chi connectivity index (χ2v) is 8.86. The highest BCUT2D eigenvalue weighted by molar-refractivity contribution is 6.31. The summed E-state index contributed by atoms with van der Waals surface area (Å²) in [7, 11) is 0. The van der Waals surface area contributed by atoms with Gasteiger partial charge in [-0.2, -0.15) is 0 Å². The topological polar surface area (TPSA) is 97.9 Å². The highest BCUT2D eigenvalue weighted by Gasteiger charge is 2.55. The van der Waals surface area contributed by atoms with Crippen LogP contribution in [0.2, 0.25) is 0 Å².